The van der Waals surface area contributed by atoms with E-state index in [2.05, 4.69) is 5.18 Å². The zero-order valence-electron chi connectivity index (χ0n) is 6.48. The van der Waals surface area contributed by atoms with Gasteiger partial charge in [-0.25, -0.2) is 4.79 Å². The molecule has 0 saturated heterocycles. The Morgan fingerprint density at radius 1 is 1.54 bits per heavy atom. The number of carboxylic acids is 1. The molecule has 0 aliphatic rings. The van der Waals surface area contributed by atoms with Gasteiger partial charge < -0.3 is 5.11 Å². The maximum atomic E-state index is 10.5. The van der Waals surface area contributed by atoms with Gasteiger partial charge >= 0.3 is 5.97 Å². The number of rotatable bonds is 3. The van der Waals surface area contributed by atoms with Gasteiger partial charge in [0.05, 0.1) is 5.56 Å². The maximum absolute atomic E-state index is 10.5. The Morgan fingerprint density at radius 2 is 2.23 bits per heavy atom. The molecule has 0 amide bonds. The summed E-state index contributed by atoms with van der Waals surface area (Å²) in [7, 11) is 0. The fraction of sp³-hybridized carbons (Fsp3) is 0.125. The third-order valence-corrected chi connectivity index (χ3v) is 1.83. The number of hydrogen-bond donors (Lipinski definition) is 1. The molecule has 1 atom stereocenters. The SMILES string of the molecule is O=NC(Cl)c1cccc(C(=O)O)c1. The Bertz CT molecular complexity index is 340. The lowest BCUT2D eigenvalue weighted by Crippen LogP contribution is -1.97. The van der Waals surface area contributed by atoms with Gasteiger partial charge in [-0.2, -0.15) is 0 Å². The summed E-state index contributed by atoms with van der Waals surface area (Å²) < 4.78 is 0. The minimum absolute atomic E-state index is 0.0896. The predicted molar refractivity (Wildman–Crippen MR) is 47.8 cm³/mol. The molecular weight excluding hydrogens is 194 g/mol. The Balaban J connectivity index is 3.04. The number of aromatic carboxylic acids is 1. The molecule has 0 aliphatic heterocycles. The van der Waals surface area contributed by atoms with Crippen LogP contribution in [0.4, 0.5) is 0 Å². The minimum Gasteiger partial charge on any atom is -0.478 e. The lowest BCUT2D eigenvalue weighted by atomic mass is 10.1. The normalized spacial score (nSPS) is 12.1. The zero-order valence-corrected chi connectivity index (χ0v) is 7.23. The Labute approximate surface area is 79.1 Å². The molecule has 0 radical (unpaired) electrons. The first-order chi connectivity index (χ1) is 6.15. The van der Waals surface area contributed by atoms with E-state index in [1.54, 1.807) is 6.07 Å². The third-order valence-electron chi connectivity index (χ3n) is 1.50. The van der Waals surface area contributed by atoms with Crippen LogP contribution < -0.4 is 0 Å². The van der Waals surface area contributed by atoms with Crippen molar-refractivity contribution < 1.29 is 9.90 Å². The number of nitrogens with zero attached hydrogens (tertiary/aromatic N) is 1. The van der Waals surface area contributed by atoms with Crippen LogP contribution in [0.1, 0.15) is 21.4 Å². The van der Waals surface area contributed by atoms with Crippen LogP contribution in [0.25, 0.3) is 0 Å². The van der Waals surface area contributed by atoms with E-state index < -0.39 is 11.5 Å². The van der Waals surface area contributed by atoms with E-state index in [1.165, 1.54) is 18.2 Å². The van der Waals surface area contributed by atoms with Gasteiger partial charge in [-0.3, -0.25) is 0 Å². The van der Waals surface area contributed by atoms with E-state index in [0.717, 1.165) is 0 Å². The lowest BCUT2D eigenvalue weighted by molar-refractivity contribution is 0.0697. The molecule has 0 spiro atoms. The highest BCUT2D eigenvalue weighted by Crippen LogP contribution is 2.21. The molecule has 0 bridgehead atoms. The molecule has 1 aromatic carbocycles. The van der Waals surface area contributed by atoms with Crippen molar-refractivity contribution in [3.8, 4) is 0 Å². The van der Waals surface area contributed by atoms with Gasteiger partial charge in [-0.15, -0.1) is 4.91 Å². The third kappa shape index (κ3) is 2.26. The van der Waals surface area contributed by atoms with Crippen molar-refractivity contribution in [1.82, 2.24) is 0 Å². The van der Waals surface area contributed by atoms with Crippen molar-refractivity contribution in [3.63, 3.8) is 0 Å². The van der Waals surface area contributed by atoms with Gasteiger partial charge in [-0.05, 0) is 22.9 Å². The lowest BCUT2D eigenvalue weighted by Gasteiger charge is -2.01. The molecule has 0 heterocycles. The monoisotopic (exact) mass is 199 g/mol. The van der Waals surface area contributed by atoms with Gasteiger partial charge in [0.25, 0.3) is 0 Å². The summed E-state index contributed by atoms with van der Waals surface area (Å²) in [5.74, 6) is -1.06. The summed E-state index contributed by atoms with van der Waals surface area (Å²) in [6, 6.07) is 5.80. The number of carbonyl (C=O) groups is 1. The Hall–Kier alpha value is -1.42. The van der Waals surface area contributed by atoms with E-state index in [9.17, 15) is 9.70 Å². The van der Waals surface area contributed by atoms with Crippen LogP contribution in [0, 0.1) is 4.91 Å². The Kier molecular flexibility index (Phi) is 2.97. The van der Waals surface area contributed by atoms with E-state index in [-0.39, 0.29) is 5.56 Å². The van der Waals surface area contributed by atoms with Crippen LogP contribution in [0.3, 0.4) is 0 Å². The quantitative estimate of drug-likeness (QED) is 0.462. The topological polar surface area (TPSA) is 66.7 Å². The second-order valence-corrected chi connectivity index (χ2v) is 2.79. The van der Waals surface area contributed by atoms with Crippen LogP contribution in [-0.2, 0) is 0 Å². The predicted octanol–water partition coefficient (Wildman–Crippen LogP) is 2.39. The molecule has 68 valence electrons. The van der Waals surface area contributed by atoms with Crippen molar-refractivity contribution in [1.29, 1.82) is 0 Å². The van der Waals surface area contributed by atoms with Gasteiger partial charge in [0, 0.05) is 0 Å². The summed E-state index contributed by atoms with van der Waals surface area (Å²) >= 11 is 5.50. The van der Waals surface area contributed by atoms with Crippen molar-refractivity contribution in [2.75, 3.05) is 0 Å². The number of carboxylic acid groups (broad SMARTS) is 1. The molecule has 1 rings (SSSR count). The van der Waals surface area contributed by atoms with Crippen LogP contribution in [0.5, 0.6) is 0 Å². The molecule has 1 aromatic rings. The van der Waals surface area contributed by atoms with E-state index >= 15 is 0 Å². The molecule has 0 aliphatic carbocycles. The number of alkyl halides is 1. The maximum Gasteiger partial charge on any atom is 0.335 e. The van der Waals surface area contributed by atoms with E-state index in [1.807, 2.05) is 0 Å². The van der Waals surface area contributed by atoms with Gasteiger partial charge in [0.15, 0.2) is 5.50 Å². The van der Waals surface area contributed by atoms with Crippen molar-refractivity contribution in [2.24, 2.45) is 5.18 Å². The Morgan fingerprint density at radius 3 is 2.77 bits per heavy atom. The summed E-state index contributed by atoms with van der Waals surface area (Å²) in [6.45, 7) is 0. The van der Waals surface area contributed by atoms with Crippen molar-refractivity contribution in [3.05, 3.63) is 40.3 Å². The molecule has 0 aromatic heterocycles. The average Bonchev–Trinajstić information content (AvgIpc) is 2.17. The molecule has 13 heavy (non-hydrogen) atoms. The largest absolute Gasteiger partial charge is 0.478 e. The number of hydrogen-bond acceptors (Lipinski definition) is 3. The first-order valence-corrected chi connectivity index (χ1v) is 3.88. The molecule has 1 unspecified atom stereocenters. The van der Waals surface area contributed by atoms with Crippen LogP contribution in [0.2, 0.25) is 0 Å². The first kappa shape index (κ1) is 9.67. The molecule has 5 heteroatoms. The smallest absolute Gasteiger partial charge is 0.335 e. The fourth-order valence-electron chi connectivity index (χ4n) is 0.881. The number of nitroso groups, excluding NO2 is 1. The summed E-state index contributed by atoms with van der Waals surface area (Å²) in [5.41, 5.74) is -0.553. The highest BCUT2D eigenvalue weighted by atomic mass is 35.5. The second-order valence-electron chi connectivity index (χ2n) is 2.37. The zero-order chi connectivity index (χ0) is 9.84. The first-order valence-electron chi connectivity index (χ1n) is 3.45. The van der Waals surface area contributed by atoms with E-state index in [4.69, 9.17) is 16.7 Å². The summed E-state index contributed by atoms with van der Waals surface area (Å²) in [5, 5.41) is 11.2. The summed E-state index contributed by atoms with van der Waals surface area (Å²) in [6.07, 6.45) is 0. The summed E-state index contributed by atoms with van der Waals surface area (Å²) in [4.78, 5) is 20.6. The number of halogens is 1. The standard InChI is InChI=1S/C8H6ClNO3/c9-7(10-13)5-2-1-3-6(4-5)8(11)12/h1-4,7H,(H,11,12). The molecule has 4 nitrogen and oxygen atoms in total. The second kappa shape index (κ2) is 4.00. The van der Waals surface area contributed by atoms with Crippen LogP contribution >= 0.6 is 11.6 Å². The number of benzene rings is 1. The van der Waals surface area contributed by atoms with Gasteiger partial charge in [-0.1, -0.05) is 23.7 Å². The van der Waals surface area contributed by atoms with E-state index in [0.29, 0.717) is 5.56 Å². The van der Waals surface area contributed by atoms with Gasteiger partial charge in [0.1, 0.15) is 0 Å². The van der Waals surface area contributed by atoms with Crippen LogP contribution in [-0.4, -0.2) is 11.1 Å². The molecule has 1 N–H and O–H groups in total. The van der Waals surface area contributed by atoms with Gasteiger partial charge in [0.2, 0.25) is 0 Å². The van der Waals surface area contributed by atoms with Crippen molar-refractivity contribution in [2.45, 2.75) is 5.50 Å². The molecular formula is C8H6ClNO3. The fourth-order valence-corrected chi connectivity index (χ4v) is 1.02. The highest BCUT2D eigenvalue weighted by Gasteiger charge is 2.09. The van der Waals surface area contributed by atoms with Crippen molar-refractivity contribution >= 4 is 17.6 Å². The van der Waals surface area contributed by atoms with Crippen LogP contribution in [0.15, 0.2) is 29.4 Å². The minimum atomic E-state index is -1.06. The molecule has 0 saturated carbocycles. The highest BCUT2D eigenvalue weighted by molar-refractivity contribution is 6.20. The molecule has 0 fully saturated rings. The average molecular weight is 200 g/mol.